The van der Waals surface area contributed by atoms with Crippen molar-refractivity contribution in [1.82, 2.24) is 4.98 Å². The minimum Gasteiger partial charge on any atom is -0.493 e. The summed E-state index contributed by atoms with van der Waals surface area (Å²) in [7, 11) is 4.73. The molecule has 0 aliphatic rings. The van der Waals surface area contributed by atoms with E-state index in [1.807, 2.05) is 12.1 Å². The van der Waals surface area contributed by atoms with Crippen LogP contribution >= 0.6 is 0 Å². The Morgan fingerprint density at radius 2 is 1.69 bits per heavy atom. The van der Waals surface area contributed by atoms with E-state index in [0.717, 1.165) is 10.9 Å². The van der Waals surface area contributed by atoms with E-state index in [2.05, 4.69) is 4.98 Å². The van der Waals surface area contributed by atoms with Gasteiger partial charge < -0.3 is 24.9 Å². The SMILES string of the molecule is COc1cc2cc(N)[nH]c2c(OC)c1OC. The maximum atomic E-state index is 5.70. The molecule has 0 atom stereocenters. The molecule has 0 bridgehead atoms. The van der Waals surface area contributed by atoms with Crippen LogP contribution in [0.3, 0.4) is 0 Å². The lowest BCUT2D eigenvalue weighted by molar-refractivity contribution is 0.327. The maximum Gasteiger partial charge on any atom is 0.205 e. The third kappa shape index (κ3) is 1.41. The first-order valence-corrected chi connectivity index (χ1v) is 4.78. The zero-order valence-corrected chi connectivity index (χ0v) is 9.46. The van der Waals surface area contributed by atoms with Gasteiger partial charge in [-0.25, -0.2) is 0 Å². The van der Waals surface area contributed by atoms with Gasteiger partial charge in [-0.1, -0.05) is 0 Å². The summed E-state index contributed by atoms with van der Waals surface area (Å²) in [5, 5.41) is 0.923. The van der Waals surface area contributed by atoms with Crippen LogP contribution in [-0.2, 0) is 0 Å². The van der Waals surface area contributed by atoms with Crippen LogP contribution in [0.2, 0.25) is 0 Å². The van der Waals surface area contributed by atoms with E-state index >= 15 is 0 Å². The number of ether oxygens (including phenoxy) is 3. The maximum absolute atomic E-state index is 5.70. The fraction of sp³-hybridized carbons (Fsp3) is 0.273. The van der Waals surface area contributed by atoms with Crippen molar-refractivity contribution in [3.63, 3.8) is 0 Å². The molecule has 0 saturated carbocycles. The standard InChI is InChI=1S/C11H14N2O3/c1-14-7-4-6-5-8(12)13-9(6)11(16-3)10(7)15-2/h4-5,13H,12H2,1-3H3. The number of rotatable bonds is 3. The second-order valence-corrected chi connectivity index (χ2v) is 3.33. The van der Waals surface area contributed by atoms with Crippen molar-refractivity contribution in [1.29, 1.82) is 0 Å². The van der Waals surface area contributed by atoms with Gasteiger partial charge in [-0.15, -0.1) is 0 Å². The zero-order valence-electron chi connectivity index (χ0n) is 9.46. The number of hydrogen-bond donors (Lipinski definition) is 2. The van der Waals surface area contributed by atoms with Gasteiger partial charge in [-0.05, 0) is 12.1 Å². The lowest BCUT2D eigenvalue weighted by Crippen LogP contribution is -1.95. The zero-order chi connectivity index (χ0) is 11.7. The molecule has 1 heterocycles. The van der Waals surface area contributed by atoms with Crippen LogP contribution < -0.4 is 19.9 Å². The second kappa shape index (κ2) is 3.84. The van der Waals surface area contributed by atoms with Gasteiger partial charge in [0.25, 0.3) is 0 Å². The molecule has 2 aromatic rings. The number of nitrogen functional groups attached to an aromatic ring is 1. The van der Waals surface area contributed by atoms with Crippen LogP contribution in [0.15, 0.2) is 12.1 Å². The number of hydrogen-bond acceptors (Lipinski definition) is 4. The van der Waals surface area contributed by atoms with Gasteiger partial charge in [0.2, 0.25) is 5.75 Å². The monoisotopic (exact) mass is 222 g/mol. The summed E-state index contributed by atoms with van der Waals surface area (Å²) in [4.78, 5) is 3.02. The molecule has 0 spiro atoms. The number of aromatic amines is 1. The summed E-state index contributed by atoms with van der Waals surface area (Å²) in [5.41, 5.74) is 6.51. The number of aromatic nitrogens is 1. The summed E-state index contributed by atoms with van der Waals surface area (Å²) < 4.78 is 15.8. The quantitative estimate of drug-likeness (QED) is 0.830. The molecule has 0 aliphatic heterocycles. The van der Waals surface area contributed by atoms with Gasteiger partial charge in [-0.3, -0.25) is 0 Å². The molecule has 86 valence electrons. The topological polar surface area (TPSA) is 69.5 Å². The fourth-order valence-electron chi connectivity index (χ4n) is 1.77. The Labute approximate surface area is 93.1 Å². The number of anilines is 1. The highest BCUT2D eigenvalue weighted by molar-refractivity contribution is 5.93. The number of methoxy groups -OCH3 is 3. The summed E-state index contributed by atoms with van der Waals surface area (Å²) in [6, 6.07) is 3.67. The minimum atomic E-state index is 0.555. The smallest absolute Gasteiger partial charge is 0.205 e. The Hall–Kier alpha value is -2.04. The molecule has 0 unspecified atom stereocenters. The van der Waals surface area contributed by atoms with Crippen molar-refractivity contribution in [2.24, 2.45) is 0 Å². The third-order valence-corrected chi connectivity index (χ3v) is 2.44. The van der Waals surface area contributed by atoms with Gasteiger partial charge in [0.05, 0.1) is 26.8 Å². The largest absolute Gasteiger partial charge is 0.493 e. The molecule has 3 N–H and O–H groups in total. The Kier molecular flexibility index (Phi) is 2.52. The van der Waals surface area contributed by atoms with Crippen molar-refractivity contribution in [2.45, 2.75) is 0 Å². The Balaban J connectivity index is 2.81. The summed E-state index contributed by atoms with van der Waals surface area (Å²) >= 11 is 0. The van der Waals surface area contributed by atoms with Gasteiger partial charge in [0, 0.05) is 5.39 Å². The second-order valence-electron chi connectivity index (χ2n) is 3.33. The van der Waals surface area contributed by atoms with Crippen molar-refractivity contribution in [3.8, 4) is 17.2 Å². The van der Waals surface area contributed by atoms with Crippen LogP contribution in [0.1, 0.15) is 0 Å². The first-order valence-electron chi connectivity index (χ1n) is 4.78. The summed E-state index contributed by atoms with van der Waals surface area (Å²) in [6.45, 7) is 0. The van der Waals surface area contributed by atoms with Crippen molar-refractivity contribution in [3.05, 3.63) is 12.1 Å². The molecule has 0 radical (unpaired) electrons. The Morgan fingerprint density at radius 3 is 2.25 bits per heavy atom. The molecule has 1 aromatic carbocycles. The normalized spacial score (nSPS) is 10.4. The molecular formula is C11H14N2O3. The highest BCUT2D eigenvalue weighted by atomic mass is 16.5. The number of benzene rings is 1. The Morgan fingerprint density at radius 1 is 1.00 bits per heavy atom. The van der Waals surface area contributed by atoms with Crippen molar-refractivity contribution >= 4 is 16.7 Å². The number of fused-ring (bicyclic) bond motifs is 1. The van der Waals surface area contributed by atoms with Crippen LogP contribution in [0.5, 0.6) is 17.2 Å². The van der Waals surface area contributed by atoms with E-state index in [0.29, 0.717) is 23.1 Å². The summed E-state index contributed by atoms with van der Waals surface area (Å²) in [5.74, 6) is 2.34. The average Bonchev–Trinajstić information content (AvgIpc) is 2.66. The van der Waals surface area contributed by atoms with Gasteiger partial charge in [0.15, 0.2) is 11.5 Å². The van der Waals surface area contributed by atoms with Crippen molar-refractivity contribution in [2.75, 3.05) is 27.1 Å². The molecular weight excluding hydrogens is 208 g/mol. The molecule has 16 heavy (non-hydrogen) atoms. The lowest BCUT2D eigenvalue weighted by atomic mass is 10.2. The average molecular weight is 222 g/mol. The van der Waals surface area contributed by atoms with Crippen molar-refractivity contribution < 1.29 is 14.2 Å². The van der Waals surface area contributed by atoms with E-state index < -0.39 is 0 Å². The first kappa shape index (κ1) is 10.5. The van der Waals surface area contributed by atoms with E-state index in [-0.39, 0.29) is 0 Å². The predicted octanol–water partition coefficient (Wildman–Crippen LogP) is 1.78. The predicted molar refractivity (Wildman–Crippen MR) is 62.4 cm³/mol. The Bertz CT molecular complexity index is 519. The molecule has 0 amide bonds. The molecule has 5 nitrogen and oxygen atoms in total. The third-order valence-electron chi connectivity index (χ3n) is 2.44. The number of H-pyrrole nitrogens is 1. The molecule has 0 fully saturated rings. The van der Waals surface area contributed by atoms with E-state index in [9.17, 15) is 0 Å². The number of nitrogens with two attached hydrogens (primary N) is 1. The van der Waals surface area contributed by atoms with Crippen LogP contribution in [-0.4, -0.2) is 26.3 Å². The fourth-order valence-corrected chi connectivity index (χ4v) is 1.77. The molecule has 0 saturated heterocycles. The highest BCUT2D eigenvalue weighted by Gasteiger charge is 2.17. The van der Waals surface area contributed by atoms with Gasteiger partial charge in [-0.2, -0.15) is 0 Å². The van der Waals surface area contributed by atoms with E-state index in [1.165, 1.54) is 0 Å². The molecule has 1 aromatic heterocycles. The lowest BCUT2D eigenvalue weighted by Gasteiger charge is -2.12. The minimum absolute atomic E-state index is 0.555. The van der Waals surface area contributed by atoms with Crippen LogP contribution in [0.25, 0.3) is 10.9 Å². The molecule has 5 heteroatoms. The van der Waals surface area contributed by atoms with E-state index in [1.54, 1.807) is 21.3 Å². The van der Waals surface area contributed by atoms with E-state index in [4.69, 9.17) is 19.9 Å². The number of nitrogens with one attached hydrogen (secondary N) is 1. The molecule has 0 aliphatic carbocycles. The first-order chi connectivity index (χ1) is 7.71. The highest BCUT2D eigenvalue weighted by Crippen LogP contribution is 2.43. The van der Waals surface area contributed by atoms with Gasteiger partial charge >= 0.3 is 0 Å². The molecule has 2 rings (SSSR count). The van der Waals surface area contributed by atoms with Gasteiger partial charge in [0.1, 0.15) is 5.82 Å². The van der Waals surface area contributed by atoms with Crippen LogP contribution in [0.4, 0.5) is 5.82 Å². The summed E-state index contributed by atoms with van der Waals surface area (Å²) in [6.07, 6.45) is 0. The van der Waals surface area contributed by atoms with Crippen LogP contribution in [0, 0.1) is 0 Å².